The molecule has 0 heterocycles. The number of fused-ring (bicyclic) bond motifs is 1. The minimum atomic E-state index is 0.590. The molecule has 0 aliphatic heterocycles. The normalized spacial score (nSPS) is 10.6. The Kier molecular flexibility index (Phi) is 3.51. The molecule has 0 aliphatic rings. The van der Waals surface area contributed by atoms with Crippen molar-refractivity contribution in [2.45, 2.75) is 6.61 Å². The molecule has 0 spiro atoms. The fourth-order valence-electron chi connectivity index (χ4n) is 2.03. The molecule has 3 aromatic carbocycles. The maximum Gasteiger partial charge on any atom is 0.119 e. The fraction of sp³-hybridized carbons (Fsp3) is 0.0588. The first-order valence-corrected chi connectivity index (χ1v) is 6.97. The smallest absolute Gasteiger partial charge is 0.119 e. The summed E-state index contributed by atoms with van der Waals surface area (Å²) < 4.78 is 6.84. The summed E-state index contributed by atoms with van der Waals surface area (Å²) in [5, 5.41) is 2.51. The molecule has 3 aromatic rings. The molecule has 0 atom stereocenters. The first-order valence-electron chi connectivity index (χ1n) is 6.17. The van der Waals surface area contributed by atoms with Crippen LogP contribution < -0.4 is 4.74 Å². The Balaban J connectivity index is 1.76. The second-order valence-corrected chi connectivity index (χ2v) is 5.34. The predicted molar refractivity (Wildman–Crippen MR) is 82.4 cm³/mol. The number of halogens is 1. The van der Waals surface area contributed by atoms with E-state index in [-0.39, 0.29) is 0 Å². The summed E-state index contributed by atoms with van der Waals surface area (Å²) in [6, 6.07) is 22.7. The third kappa shape index (κ3) is 2.96. The molecule has 0 fully saturated rings. The summed E-state index contributed by atoms with van der Waals surface area (Å²) >= 11 is 3.41. The van der Waals surface area contributed by atoms with Crippen molar-refractivity contribution in [3.8, 4) is 5.75 Å². The van der Waals surface area contributed by atoms with Gasteiger partial charge in [-0.1, -0.05) is 52.3 Å². The van der Waals surface area contributed by atoms with Crippen molar-refractivity contribution in [3.63, 3.8) is 0 Å². The lowest BCUT2D eigenvalue weighted by Gasteiger charge is -2.07. The SMILES string of the molecule is Brc1ccc(OCc2ccc3ccccc3c2)cc1. The van der Waals surface area contributed by atoms with Gasteiger partial charge in [0, 0.05) is 4.47 Å². The summed E-state index contributed by atoms with van der Waals surface area (Å²) in [6.07, 6.45) is 0. The van der Waals surface area contributed by atoms with Crippen molar-refractivity contribution >= 4 is 26.7 Å². The molecule has 0 saturated carbocycles. The Morgan fingerprint density at radius 3 is 2.32 bits per heavy atom. The average molecular weight is 313 g/mol. The second-order valence-electron chi connectivity index (χ2n) is 4.42. The van der Waals surface area contributed by atoms with Crippen LogP contribution >= 0.6 is 15.9 Å². The topological polar surface area (TPSA) is 9.23 Å². The minimum absolute atomic E-state index is 0.590. The number of benzene rings is 3. The number of rotatable bonds is 3. The molecule has 0 unspecified atom stereocenters. The van der Waals surface area contributed by atoms with Crippen LogP contribution in [-0.4, -0.2) is 0 Å². The van der Waals surface area contributed by atoms with Gasteiger partial charge in [-0.2, -0.15) is 0 Å². The Bertz CT molecular complexity index is 689. The quantitative estimate of drug-likeness (QED) is 0.647. The summed E-state index contributed by atoms with van der Waals surface area (Å²) in [5.74, 6) is 0.886. The van der Waals surface area contributed by atoms with E-state index in [4.69, 9.17) is 4.74 Å². The fourth-order valence-corrected chi connectivity index (χ4v) is 2.29. The van der Waals surface area contributed by atoms with Crippen molar-refractivity contribution in [1.29, 1.82) is 0 Å². The molecule has 0 saturated heterocycles. The number of hydrogen-bond acceptors (Lipinski definition) is 1. The molecule has 0 aliphatic carbocycles. The highest BCUT2D eigenvalue weighted by Crippen LogP contribution is 2.19. The van der Waals surface area contributed by atoms with Crippen molar-refractivity contribution in [3.05, 3.63) is 76.8 Å². The standard InChI is InChI=1S/C17H13BrO/c18-16-7-9-17(10-8-16)19-12-13-5-6-14-3-1-2-4-15(14)11-13/h1-11H,12H2. The number of hydrogen-bond donors (Lipinski definition) is 0. The van der Waals surface area contributed by atoms with Crippen molar-refractivity contribution in [2.24, 2.45) is 0 Å². The molecule has 1 nitrogen and oxygen atoms in total. The molecular formula is C17H13BrO. The van der Waals surface area contributed by atoms with E-state index in [0.717, 1.165) is 10.2 Å². The van der Waals surface area contributed by atoms with Crippen LogP contribution in [0.15, 0.2) is 71.2 Å². The zero-order chi connectivity index (χ0) is 13.1. The zero-order valence-corrected chi connectivity index (χ0v) is 11.9. The third-order valence-corrected chi connectivity index (χ3v) is 3.56. The maximum absolute atomic E-state index is 5.78. The van der Waals surface area contributed by atoms with Crippen molar-refractivity contribution in [2.75, 3.05) is 0 Å². The van der Waals surface area contributed by atoms with Crippen LogP contribution in [0.5, 0.6) is 5.75 Å². The highest BCUT2D eigenvalue weighted by Gasteiger charge is 1.98. The van der Waals surface area contributed by atoms with Crippen LogP contribution in [0.2, 0.25) is 0 Å². The Morgan fingerprint density at radius 1 is 0.789 bits per heavy atom. The van der Waals surface area contributed by atoms with Crippen molar-refractivity contribution < 1.29 is 4.74 Å². The molecule has 94 valence electrons. The van der Waals surface area contributed by atoms with Crippen LogP contribution in [0.4, 0.5) is 0 Å². The lowest BCUT2D eigenvalue weighted by atomic mass is 10.1. The molecule has 0 bridgehead atoms. The molecular weight excluding hydrogens is 300 g/mol. The monoisotopic (exact) mass is 312 g/mol. The lowest BCUT2D eigenvalue weighted by molar-refractivity contribution is 0.306. The van der Waals surface area contributed by atoms with E-state index < -0.39 is 0 Å². The van der Waals surface area contributed by atoms with Gasteiger partial charge in [-0.25, -0.2) is 0 Å². The first-order chi connectivity index (χ1) is 9.31. The van der Waals surface area contributed by atoms with Gasteiger partial charge in [0.15, 0.2) is 0 Å². The van der Waals surface area contributed by atoms with Crippen LogP contribution in [-0.2, 0) is 6.61 Å². The van der Waals surface area contributed by atoms with E-state index in [0.29, 0.717) is 6.61 Å². The van der Waals surface area contributed by atoms with E-state index in [2.05, 4.69) is 58.4 Å². The van der Waals surface area contributed by atoms with Crippen LogP contribution in [0, 0.1) is 0 Å². The second kappa shape index (κ2) is 5.45. The van der Waals surface area contributed by atoms with Gasteiger partial charge in [0.1, 0.15) is 12.4 Å². The van der Waals surface area contributed by atoms with Gasteiger partial charge in [-0.05, 0) is 46.7 Å². The summed E-state index contributed by atoms with van der Waals surface area (Å²) in [7, 11) is 0. The molecule has 19 heavy (non-hydrogen) atoms. The molecule has 0 radical (unpaired) electrons. The van der Waals surface area contributed by atoms with Gasteiger partial charge in [0.25, 0.3) is 0 Å². The Morgan fingerprint density at radius 2 is 1.53 bits per heavy atom. The van der Waals surface area contributed by atoms with Crippen LogP contribution in [0.3, 0.4) is 0 Å². The van der Waals surface area contributed by atoms with E-state index in [1.165, 1.54) is 16.3 Å². The Hall–Kier alpha value is -1.80. The van der Waals surface area contributed by atoms with Gasteiger partial charge in [-0.3, -0.25) is 0 Å². The summed E-state index contributed by atoms with van der Waals surface area (Å²) in [6.45, 7) is 0.590. The van der Waals surface area contributed by atoms with E-state index in [9.17, 15) is 0 Å². The minimum Gasteiger partial charge on any atom is -0.489 e. The zero-order valence-electron chi connectivity index (χ0n) is 10.3. The van der Waals surface area contributed by atoms with Crippen LogP contribution in [0.1, 0.15) is 5.56 Å². The van der Waals surface area contributed by atoms with Gasteiger partial charge in [-0.15, -0.1) is 0 Å². The van der Waals surface area contributed by atoms with E-state index in [1.54, 1.807) is 0 Å². The number of ether oxygens (including phenoxy) is 1. The van der Waals surface area contributed by atoms with Gasteiger partial charge in [0.05, 0.1) is 0 Å². The largest absolute Gasteiger partial charge is 0.489 e. The highest BCUT2D eigenvalue weighted by molar-refractivity contribution is 9.10. The van der Waals surface area contributed by atoms with Gasteiger partial charge in [0.2, 0.25) is 0 Å². The maximum atomic E-state index is 5.78. The summed E-state index contributed by atoms with van der Waals surface area (Å²) in [4.78, 5) is 0. The average Bonchev–Trinajstić information content (AvgIpc) is 2.46. The van der Waals surface area contributed by atoms with Crippen molar-refractivity contribution in [1.82, 2.24) is 0 Å². The van der Waals surface area contributed by atoms with Gasteiger partial charge < -0.3 is 4.74 Å². The highest BCUT2D eigenvalue weighted by atomic mass is 79.9. The predicted octanol–water partition coefficient (Wildman–Crippen LogP) is 5.18. The van der Waals surface area contributed by atoms with Gasteiger partial charge >= 0.3 is 0 Å². The molecule has 0 aromatic heterocycles. The Labute approximate surface area is 121 Å². The third-order valence-electron chi connectivity index (χ3n) is 3.03. The summed E-state index contributed by atoms with van der Waals surface area (Å²) in [5.41, 5.74) is 1.18. The lowest BCUT2D eigenvalue weighted by Crippen LogP contribution is -1.95. The van der Waals surface area contributed by atoms with E-state index in [1.807, 2.05) is 24.3 Å². The molecule has 2 heteroatoms. The first kappa shape index (κ1) is 12.2. The van der Waals surface area contributed by atoms with Crippen LogP contribution in [0.25, 0.3) is 10.8 Å². The molecule has 0 amide bonds. The molecule has 0 N–H and O–H groups in total. The molecule has 3 rings (SSSR count). The van der Waals surface area contributed by atoms with E-state index >= 15 is 0 Å².